The lowest BCUT2D eigenvalue weighted by Gasteiger charge is -2.39. The first-order valence-corrected chi connectivity index (χ1v) is 6.62. The minimum Gasteiger partial charge on any atom is -0.330 e. The molecule has 0 aliphatic carbocycles. The minimum atomic E-state index is 0.625. The summed E-state index contributed by atoms with van der Waals surface area (Å²) in [7, 11) is 0. The summed E-state index contributed by atoms with van der Waals surface area (Å²) in [6.45, 7) is 9.45. The van der Waals surface area contributed by atoms with Gasteiger partial charge in [0.2, 0.25) is 0 Å². The predicted molar refractivity (Wildman–Crippen MR) is 67.0 cm³/mol. The molecule has 90 valence electrons. The fourth-order valence-corrected chi connectivity index (χ4v) is 2.53. The average Bonchev–Trinajstić information content (AvgIpc) is 2.26. The molecule has 0 atom stereocenters. The van der Waals surface area contributed by atoms with Crippen LogP contribution in [0.3, 0.4) is 0 Å². The number of likely N-dealkylation sites (tertiary alicyclic amines) is 1. The van der Waals surface area contributed by atoms with Gasteiger partial charge in [0.15, 0.2) is 0 Å². The lowest BCUT2D eigenvalue weighted by atomic mass is 9.76. The number of nitrogens with zero attached hydrogens (tertiary/aromatic N) is 1. The zero-order valence-electron chi connectivity index (χ0n) is 10.6. The Morgan fingerprint density at radius 2 is 1.80 bits per heavy atom. The van der Waals surface area contributed by atoms with Crippen molar-refractivity contribution in [3.8, 4) is 0 Å². The van der Waals surface area contributed by atoms with E-state index in [0.717, 1.165) is 6.54 Å². The number of hydrogen-bond acceptors (Lipinski definition) is 2. The van der Waals surface area contributed by atoms with Gasteiger partial charge in [-0.15, -0.1) is 0 Å². The van der Waals surface area contributed by atoms with E-state index >= 15 is 0 Å². The molecule has 0 aromatic heterocycles. The van der Waals surface area contributed by atoms with E-state index in [1.165, 1.54) is 58.2 Å². The molecule has 0 amide bonds. The molecule has 0 aromatic rings. The Hall–Kier alpha value is -0.0800. The molecule has 1 saturated heterocycles. The van der Waals surface area contributed by atoms with E-state index in [1.54, 1.807) is 0 Å². The Balaban J connectivity index is 2.17. The van der Waals surface area contributed by atoms with Crippen LogP contribution in [0.15, 0.2) is 0 Å². The summed E-state index contributed by atoms with van der Waals surface area (Å²) in [4.78, 5) is 2.57. The molecule has 2 N–H and O–H groups in total. The summed E-state index contributed by atoms with van der Waals surface area (Å²) in [6.07, 6.45) is 8.10. The van der Waals surface area contributed by atoms with E-state index in [9.17, 15) is 0 Å². The fourth-order valence-electron chi connectivity index (χ4n) is 2.53. The molecule has 1 aliphatic rings. The highest BCUT2D eigenvalue weighted by molar-refractivity contribution is 4.81. The number of piperidine rings is 1. The largest absolute Gasteiger partial charge is 0.330 e. The van der Waals surface area contributed by atoms with Crippen molar-refractivity contribution < 1.29 is 0 Å². The third kappa shape index (κ3) is 4.52. The summed E-state index contributed by atoms with van der Waals surface area (Å²) in [6, 6.07) is 0. The third-order valence-corrected chi connectivity index (χ3v) is 3.99. The molecule has 2 heteroatoms. The molecule has 0 spiro atoms. The second-order valence-electron chi connectivity index (χ2n) is 5.34. The Morgan fingerprint density at radius 3 is 2.33 bits per heavy atom. The van der Waals surface area contributed by atoms with E-state index in [2.05, 4.69) is 18.7 Å². The molecule has 1 heterocycles. The standard InChI is InChI=1S/C13H28N2/c1-3-15-11-8-13(2,9-12-15)7-5-4-6-10-14/h3-12,14H2,1-2H3. The number of rotatable bonds is 6. The topological polar surface area (TPSA) is 29.3 Å². The van der Waals surface area contributed by atoms with Gasteiger partial charge in [-0.2, -0.15) is 0 Å². The molecule has 0 radical (unpaired) electrons. The van der Waals surface area contributed by atoms with Crippen LogP contribution in [0, 0.1) is 5.41 Å². The number of nitrogens with two attached hydrogens (primary N) is 1. The van der Waals surface area contributed by atoms with Crippen molar-refractivity contribution in [2.75, 3.05) is 26.2 Å². The van der Waals surface area contributed by atoms with E-state index in [4.69, 9.17) is 5.73 Å². The normalized spacial score (nSPS) is 21.8. The second kappa shape index (κ2) is 6.49. The highest BCUT2D eigenvalue weighted by atomic mass is 15.1. The maximum Gasteiger partial charge on any atom is -0.00137 e. The summed E-state index contributed by atoms with van der Waals surface area (Å²) in [5.41, 5.74) is 6.14. The monoisotopic (exact) mass is 212 g/mol. The zero-order chi connectivity index (χ0) is 11.1. The average molecular weight is 212 g/mol. The van der Waals surface area contributed by atoms with Gasteiger partial charge in [-0.25, -0.2) is 0 Å². The first-order valence-electron chi connectivity index (χ1n) is 6.62. The maximum atomic E-state index is 5.51. The van der Waals surface area contributed by atoms with Gasteiger partial charge in [-0.05, 0) is 57.3 Å². The molecule has 0 unspecified atom stereocenters. The lowest BCUT2D eigenvalue weighted by molar-refractivity contribution is 0.112. The third-order valence-electron chi connectivity index (χ3n) is 3.99. The highest BCUT2D eigenvalue weighted by Crippen LogP contribution is 2.35. The van der Waals surface area contributed by atoms with E-state index < -0.39 is 0 Å². The zero-order valence-corrected chi connectivity index (χ0v) is 10.6. The molecule has 15 heavy (non-hydrogen) atoms. The first-order chi connectivity index (χ1) is 7.20. The number of hydrogen-bond donors (Lipinski definition) is 1. The van der Waals surface area contributed by atoms with Crippen LogP contribution in [0.25, 0.3) is 0 Å². The quantitative estimate of drug-likeness (QED) is 0.686. The highest BCUT2D eigenvalue weighted by Gasteiger charge is 2.28. The van der Waals surface area contributed by atoms with Crippen LogP contribution in [0.1, 0.15) is 52.4 Å². The van der Waals surface area contributed by atoms with Crippen LogP contribution in [-0.4, -0.2) is 31.1 Å². The Bertz CT molecular complexity index is 160. The smallest absolute Gasteiger partial charge is 0.00137 e. The van der Waals surface area contributed by atoms with Gasteiger partial charge >= 0.3 is 0 Å². The molecular weight excluding hydrogens is 184 g/mol. The van der Waals surface area contributed by atoms with Crippen LogP contribution in [0.4, 0.5) is 0 Å². The van der Waals surface area contributed by atoms with Crippen LogP contribution < -0.4 is 5.73 Å². The molecule has 2 nitrogen and oxygen atoms in total. The van der Waals surface area contributed by atoms with E-state index in [0.29, 0.717) is 5.41 Å². The van der Waals surface area contributed by atoms with Crippen molar-refractivity contribution in [3.05, 3.63) is 0 Å². The van der Waals surface area contributed by atoms with Crippen molar-refractivity contribution in [2.45, 2.75) is 52.4 Å². The first kappa shape index (κ1) is 13.0. The summed E-state index contributed by atoms with van der Waals surface area (Å²) < 4.78 is 0. The van der Waals surface area contributed by atoms with Crippen LogP contribution >= 0.6 is 0 Å². The van der Waals surface area contributed by atoms with Gasteiger partial charge in [0.25, 0.3) is 0 Å². The maximum absolute atomic E-state index is 5.51. The molecular formula is C13H28N2. The molecule has 1 rings (SSSR count). The summed E-state index contributed by atoms with van der Waals surface area (Å²) in [5, 5.41) is 0. The van der Waals surface area contributed by atoms with Crippen LogP contribution in [0.2, 0.25) is 0 Å². The van der Waals surface area contributed by atoms with Gasteiger partial charge in [0, 0.05) is 0 Å². The van der Waals surface area contributed by atoms with Gasteiger partial charge in [0.05, 0.1) is 0 Å². The second-order valence-corrected chi connectivity index (χ2v) is 5.34. The van der Waals surface area contributed by atoms with Crippen molar-refractivity contribution in [1.82, 2.24) is 4.90 Å². The number of unbranched alkanes of at least 4 members (excludes halogenated alkanes) is 2. The van der Waals surface area contributed by atoms with Gasteiger partial charge in [-0.3, -0.25) is 0 Å². The Kier molecular flexibility index (Phi) is 5.62. The lowest BCUT2D eigenvalue weighted by Crippen LogP contribution is -2.38. The van der Waals surface area contributed by atoms with Crippen molar-refractivity contribution in [1.29, 1.82) is 0 Å². The Labute approximate surface area is 95.2 Å². The molecule has 0 aromatic carbocycles. The van der Waals surface area contributed by atoms with E-state index in [-0.39, 0.29) is 0 Å². The van der Waals surface area contributed by atoms with Crippen molar-refractivity contribution >= 4 is 0 Å². The van der Waals surface area contributed by atoms with Gasteiger partial charge in [0.1, 0.15) is 0 Å². The molecule has 0 bridgehead atoms. The van der Waals surface area contributed by atoms with E-state index in [1.807, 2.05) is 0 Å². The summed E-state index contributed by atoms with van der Waals surface area (Å²) in [5.74, 6) is 0. The SMILES string of the molecule is CCN1CCC(C)(CCCCCN)CC1. The van der Waals surface area contributed by atoms with Crippen LogP contribution in [-0.2, 0) is 0 Å². The fraction of sp³-hybridized carbons (Fsp3) is 1.00. The van der Waals surface area contributed by atoms with Gasteiger partial charge < -0.3 is 10.6 Å². The van der Waals surface area contributed by atoms with Crippen LogP contribution in [0.5, 0.6) is 0 Å². The van der Waals surface area contributed by atoms with Gasteiger partial charge in [-0.1, -0.05) is 26.7 Å². The van der Waals surface area contributed by atoms with Crippen molar-refractivity contribution in [3.63, 3.8) is 0 Å². The molecule has 1 fully saturated rings. The Morgan fingerprint density at radius 1 is 1.13 bits per heavy atom. The molecule has 0 saturated carbocycles. The minimum absolute atomic E-state index is 0.625. The predicted octanol–water partition coefficient (Wildman–Crippen LogP) is 2.63. The molecule has 1 aliphatic heterocycles. The van der Waals surface area contributed by atoms with Crippen molar-refractivity contribution in [2.24, 2.45) is 11.1 Å². The summed E-state index contributed by atoms with van der Waals surface area (Å²) >= 11 is 0.